The number of rotatable bonds is 7. The van der Waals surface area contributed by atoms with E-state index in [4.69, 9.17) is 15.0 Å². The lowest BCUT2D eigenvalue weighted by Gasteiger charge is -2.22. The van der Waals surface area contributed by atoms with Crippen LogP contribution >= 0.6 is 0 Å². The average molecular weight is 874 g/mol. The maximum absolute atomic E-state index is 14.7. The van der Waals surface area contributed by atoms with Gasteiger partial charge in [-0.15, -0.1) is 0 Å². The number of hydrogen-bond acceptors (Lipinski definition) is 3. The Balaban J connectivity index is 1.19. The molecule has 8 heteroatoms. The van der Waals surface area contributed by atoms with Gasteiger partial charge in [0.15, 0.2) is 17.5 Å². The molecule has 0 radical (unpaired) electrons. The largest absolute Gasteiger partial charge is 0.416 e. The van der Waals surface area contributed by atoms with E-state index < -0.39 is 11.7 Å². The Kier molecular flexibility index (Phi) is 9.43. The highest BCUT2D eigenvalue weighted by Gasteiger charge is 2.31. The van der Waals surface area contributed by atoms with Gasteiger partial charge in [0.25, 0.3) is 0 Å². The standard InChI is InChI=1S/C59H38F3N5/c1-37-16-14-21-40(32-37)48-34-42(58-64-56(38-17-4-2-5-18-38)63-57(65-58)39-19-6-3-7-20-39)35-49(41-22-15-23-43(33-41)59(60,61)62)55(48)67-53-29-13-10-26-47(53)50-36-44(30-31-54(50)67)66-51-27-11-8-24-45(51)46-25-9-12-28-52(46)66/h2-36H,1H3. The van der Waals surface area contributed by atoms with Crippen molar-refractivity contribution in [3.8, 4) is 67.8 Å². The first kappa shape index (κ1) is 39.9. The molecule has 12 rings (SSSR count). The molecule has 0 saturated heterocycles. The van der Waals surface area contributed by atoms with Crippen LogP contribution in [0.3, 0.4) is 0 Å². The number of aromatic nitrogens is 5. The summed E-state index contributed by atoms with van der Waals surface area (Å²) in [7, 11) is 0. The number of hydrogen-bond donors (Lipinski definition) is 0. The van der Waals surface area contributed by atoms with Crippen LogP contribution in [0.25, 0.3) is 111 Å². The first-order valence-corrected chi connectivity index (χ1v) is 22.1. The summed E-state index contributed by atoms with van der Waals surface area (Å²) in [4.78, 5) is 15.1. The predicted octanol–water partition coefficient (Wildman–Crippen LogP) is 15.7. The summed E-state index contributed by atoms with van der Waals surface area (Å²) in [6.07, 6.45) is -4.58. The minimum Gasteiger partial charge on any atom is -0.309 e. The quantitative estimate of drug-likeness (QED) is 0.160. The van der Waals surface area contributed by atoms with Gasteiger partial charge in [0.1, 0.15) is 0 Å². The van der Waals surface area contributed by atoms with Crippen LogP contribution in [0.4, 0.5) is 13.2 Å². The summed E-state index contributed by atoms with van der Waals surface area (Å²) < 4.78 is 48.7. The lowest BCUT2D eigenvalue weighted by Crippen LogP contribution is -2.06. The fourth-order valence-corrected chi connectivity index (χ4v) is 9.60. The Hall–Kier alpha value is -8.62. The maximum Gasteiger partial charge on any atom is 0.416 e. The molecule has 0 saturated carbocycles. The molecule has 0 unspecified atom stereocenters. The first-order valence-electron chi connectivity index (χ1n) is 22.1. The Morgan fingerprint density at radius 3 is 1.36 bits per heavy atom. The zero-order valence-electron chi connectivity index (χ0n) is 36.1. The number of fused-ring (bicyclic) bond motifs is 6. The average Bonchev–Trinajstić information content (AvgIpc) is 3.88. The Labute approximate surface area is 383 Å². The van der Waals surface area contributed by atoms with Crippen LogP contribution in [0.1, 0.15) is 11.1 Å². The molecular formula is C59H38F3N5. The van der Waals surface area contributed by atoms with Gasteiger partial charge in [-0.1, -0.05) is 157 Å². The van der Waals surface area contributed by atoms with Crippen molar-refractivity contribution in [3.05, 3.63) is 223 Å². The van der Waals surface area contributed by atoms with Crippen LogP contribution in [0.2, 0.25) is 0 Å². The van der Waals surface area contributed by atoms with Crippen molar-refractivity contribution in [3.63, 3.8) is 0 Å². The van der Waals surface area contributed by atoms with Crippen molar-refractivity contribution in [2.24, 2.45) is 0 Å². The lowest BCUT2D eigenvalue weighted by atomic mass is 9.91. The lowest BCUT2D eigenvalue weighted by molar-refractivity contribution is -0.137. The maximum atomic E-state index is 14.7. The smallest absolute Gasteiger partial charge is 0.309 e. The summed E-state index contributed by atoms with van der Waals surface area (Å²) in [5, 5.41) is 4.34. The van der Waals surface area contributed by atoms with Crippen molar-refractivity contribution in [2.75, 3.05) is 0 Å². The monoisotopic (exact) mass is 873 g/mol. The Morgan fingerprint density at radius 2 is 0.806 bits per heavy atom. The number of para-hydroxylation sites is 3. The third kappa shape index (κ3) is 6.93. The molecule has 5 nitrogen and oxygen atoms in total. The van der Waals surface area contributed by atoms with Crippen molar-refractivity contribution in [2.45, 2.75) is 13.1 Å². The second-order valence-electron chi connectivity index (χ2n) is 16.8. The molecule has 320 valence electrons. The fraction of sp³-hybridized carbons (Fsp3) is 0.0339. The molecule has 0 aliphatic carbocycles. The van der Waals surface area contributed by atoms with Crippen LogP contribution in [0, 0.1) is 6.92 Å². The third-order valence-corrected chi connectivity index (χ3v) is 12.6. The number of alkyl halides is 3. The molecule has 0 aliphatic heterocycles. The number of aryl methyl sites for hydroxylation is 1. The topological polar surface area (TPSA) is 48.5 Å². The van der Waals surface area contributed by atoms with E-state index in [1.807, 2.05) is 97.9 Å². The minimum atomic E-state index is -4.58. The first-order chi connectivity index (χ1) is 32.8. The molecule has 3 heterocycles. The summed E-state index contributed by atoms with van der Waals surface area (Å²) in [5.41, 5.74) is 10.9. The third-order valence-electron chi connectivity index (χ3n) is 12.6. The molecule has 0 fully saturated rings. The van der Waals surface area contributed by atoms with Crippen LogP contribution < -0.4 is 0 Å². The van der Waals surface area contributed by atoms with Gasteiger partial charge < -0.3 is 9.13 Å². The molecule has 0 amide bonds. The summed E-state index contributed by atoms with van der Waals surface area (Å²) in [6, 6.07) is 69.0. The highest BCUT2D eigenvalue weighted by Crippen LogP contribution is 2.46. The molecule has 3 aromatic heterocycles. The summed E-state index contributed by atoms with van der Waals surface area (Å²) in [5.74, 6) is 1.35. The predicted molar refractivity (Wildman–Crippen MR) is 265 cm³/mol. The van der Waals surface area contributed by atoms with Gasteiger partial charge in [0, 0.05) is 55.0 Å². The van der Waals surface area contributed by atoms with Crippen LogP contribution in [0.5, 0.6) is 0 Å². The van der Waals surface area contributed by atoms with E-state index >= 15 is 0 Å². The fourth-order valence-electron chi connectivity index (χ4n) is 9.60. The molecule has 0 spiro atoms. The van der Waals surface area contributed by atoms with E-state index in [2.05, 4.69) is 106 Å². The molecule has 12 aromatic rings. The molecule has 0 atom stereocenters. The number of benzene rings is 9. The SMILES string of the molecule is Cc1cccc(-c2cc(-c3nc(-c4ccccc4)nc(-c4ccccc4)n3)cc(-c3cccc(C(F)(F)F)c3)c2-n2c3ccccc3c3cc(-n4c5ccccc5c5ccccc54)ccc32)c1. The molecular weight excluding hydrogens is 836 g/mol. The van der Waals surface area contributed by atoms with Gasteiger partial charge in [-0.05, 0) is 78.7 Å². The van der Waals surface area contributed by atoms with Gasteiger partial charge in [-0.25, -0.2) is 15.0 Å². The number of nitrogens with zero attached hydrogens (tertiary/aromatic N) is 5. The van der Waals surface area contributed by atoms with E-state index in [9.17, 15) is 13.2 Å². The Bertz CT molecular complexity index is 3760. The summed E-state index contributed by atoms with van der Waals surface area (Å²) in [6.45, 7) is 2.04. The van der Waals surface area contributed by atoms with E-state index in [0.717, 1.165) is 78.1 Å². The zero-order valence-corrected chi connectivity index (χ0v) is 36.1. The van der Waals surface area contributed by atoms with Crippen LogP contribution in [0.15, 0.2) is 212 Å². The molecule has 0 N–H and O–H groups in total. The highest BCUT2D eigenvalue weighted by atomic mass is 19.4. The van der Waals surface area contributed by atoms with Crippen molar-refractivity contribution < 1.29 is 13.2 Å². The van der Waals surface area contributed by atoms with Crippen LogP contribution in [-0.4, -0.2) is 24.1 Å². The normalized spacial score (nSPS) is 11.9. The second kappa shape index (κ2) is 15.8. The Morgan fingerprint density at radius 1 is 0.358 bits per heavy atom. The van der Waals surface area contributed by atoms with Gasteiger partial charge in [0.2, 0.25) is 0 Å². The van der Waals surface area contributed by atoms with Gasteiger partial charge in [0.05, 0.1) is 33.3 Å². The highest BCUT2D eigenvalue weighted by molar-refractivity contribution is 6.13. The van der Waals surface area contributed by atoms with Gasteiger partial charge in [-0.3, -0.25) is 0 Å². The second-order valence-corrected chi connectivity index (χ2v) is 16.8. The van der Waals surface area contributed by atoms with E-state index in [1.54, 1.807) is 6.07 Å². The van der Waals surface area contributed by atoms with E-state index in [1.165, 1.54) is 22.9 Å². The van der Waals surface area contributed by atoms with Crippen LogP contribution in [-0.2, 0) is 6.18 Å². The van der Waals surface area contributed by atoms with E-state index in [0.29, 0.717) is 34.2 Å². The van der Waals surface area contributed by atoms with Crippen molar-refractivity contribution >= 4 is 43.6 Å². The number of halogens is 3. The molecule has 0 bridgehead atoms. The van der Waals surface area contributed by atoms with Crippen molar-refractivity contribution in [1.29, 1.82) is 0 Å². The van der Waals surface area contributed by atoms with Crippen molar-refractivity contribution in [1.82, 2.24) is 24.1 Å². The minimum absolute atomic E-state index is 0.388. The van der Waals surface area contributed by atoms with E-state index in [-0.39, 0.29) is 0 Å². The zero-order chi connectivity index (χ0) is 45.2. The molecule has 67 heavy (non-hydrogen) atoms. The van der Waals surface area contributed by atoms with Gasteiger partial charge >= 0.3 is 6.18 Å². The molecule has 9 aromatic carbocycles. The van der Waals surface area contributed by atoms with Gasteiger partial charge in [-0.2, -0.15) is 13.2 Å². The molecule has 0 aliphatic rings. The summed E-state index contributed by atoms with van der Waals surface area (Å²) >= 11 is 0.